The summed E-state index contributed by atoms with van der Waals surface area (Å²) in [6.07, 6.45) is 5.59. The van der Waals surface area contributed by atoms with Crippen LogP contribution in [0.5, 0.6) is 0 Å². The molecular weight excluding hydrogens is 232 g/mol. The lowest BCUT2D eigenvalue weighted by Crippen LogP contribution is -2.43. The zero-order valence-electron chi connectivity index (χ0n) is 10.3. The molecule has 1 fully saturated rings. The largest absolute Gasteiger partial charge is 0.356 e. The highest BCUT2D eigenvalue weighted by Crippen LogP contribution is 2.10. The third kappa shape index (κ3) is 3.58. The van der Waals surface area contributed by atoms with Crippen molar-refractivity contribution in [2.24, 2.45) is 5.92 Å². The van der Waals surface area contributed by atoms with Gasteiger partial charge < -0.3 is 10.6 Å². The molecule has 2 rings (SSSR count). The zero-order chi connectivity index (χ0) is 12.8. The Bertz CT molecular complexity index is 392. The number of carbonyl (C=O) groups is 2. The quantitative estimate of drug-likeness (QED) is 0.717. The molecule has 1 unspecified atom stereocenters. The van der Waals surface area contributed by atoms with Crippen LogP contribution >= 0.6 is 0 Å². The molecule has 1 atom stereocenters. The molecule has 1 saturated heterocycles. The molecule has 0 saturated carbocycles. The van der Waals surface area contributed by atoms with Gasteiger partial charge in [-0.25, -0.2) is 0 Å². The predicted molar refractivity (Wildman–Crippen MR) is 65.6 cm³/mol. The normalized spacial score (nSPS) is 19.3. The summed E-state index contributed by atoms with van der Waals surface area (Å²) >= 11 is 0. The Morgan fingerprint density at radius 3 is 3.17 bits per heavy atom. The number of piperidine rings is 1. The van der Waals surface area contributed by atoms with Crippen molar-refractivity contribution < 1.29 is 9.59 Å². The maximum atomic E-state index is 11.8. The maximum absolute atomic E-state index is 11.8. The summed E-state index contributed by atoms with van der Waals surface area (Å²) in [4.78, 5) is 22.8. The van der Waals surface area contributed by atoms with E-state index in [-0.39, 0.29) is 17.7 Å². The van der Waals surface area contributed by atoms with Crippen LogP contribution in [0.2, 0.25) is 0 Å². The third-order valence-electron chi connectivity index (χ3n) is 3.06. The number of nitrogens with zero attached hydrogens (tertiary/aromatic N) is 2. The van der Waals surface area contributed by atoms with E-state index in [4.69, 9.17) is 0 Å². The van der Waals surface area contributed by atoms with Crippen molar-refractivity contribution in [3.05, 3.63) is 18.5 Å². The molecule has 1 aliphatic rings. The first-order valence-corrected chi connectivity index (χ1v) is 6.27. The van der Waals surface area contributed by atoms with Gasteiger partial charge in [0.05, 0.1) is 5.92 Å². The number of hydrogen-bond donors (Lipinski definition) is 2. The SMILES string of the molecule is O=C1CCC(C(=O)NCCCn2cccn2)CN1. The molecule has 1 aliphatic heterocycles. The Morgan fingerprint density at radius 2 is 2.50 bits per heavy atom. The van der Waals surface area contributed by atoms with Crippen molar-refractivity contribution in [3.63, 3.8) is 0 Å². The van der Waals surface area contributed by atoms with E-state index >= 15 is 0 Å². The molecule has 2 heterocycles. The van der Waals surface area contributed by atoms with E-state index in [1.165, 1.54) is 0 Å². The van der Waals surface area contributed by atoms with Crippen molar-refractivity contribution >= 4 is 11.8 Å². The molecular formula is C12H18N4O2. The molecule has 0 bridgehead atoms. The maximum Gasteiger partial charge on any atom is 0.224 e. The number of amides is 2. The van der Waals surface area contributed by atoms with E-state index in [0.29, 0.717) is 25.9 Å². The summed E-state index contributed by atoms with van der Waals surface area (Å²) in [5.41, 5.74) is 0. The Hall–Kier alpha value is -1.85. The van der Waals surface area contributed by atoms with Crippen LogP contribution in [0.1, 0.15) is 19.3 Å². The summed E-state index contributed by atoms with van der Waals surface area (Å²) in [5.74, 6) is 0.000556. The summed E-state index contributed by atoms with van der Waals surface area (Å²) in [7, 11) is 0. The topological polar surface area (TPSA) is 76.0 Å². The number of rotatable bonds is 5. The summed E-state index contributed by atoms with van der Waals surface area (Å²) in [5, 5.41) is 9.70. The van der Waals surface area contributed by atoms with E-state index < -0.39 is 0 Å². The van der Waals surface area contributed by atoms with Gasteiger partial charge in [-0.3, -0.25) is 14.3 Å². The lowest BCUT2D eigenvalue weighted by atomic mass is 9.98. The smallest absolute Gasteiger partial charge is 0.224 e. The van der Waals surface area contributed by atoms with Crippen LogP contribution in [0.3, 0.4) is 0 Å². The summed E-state index contributed by atoms with van der Waals surface area (Å²) in [6, 6.07) is 1.88. The van der Waals surface area contributed by atoms with Gasteiger partial charge in [0, 0.05) is 38.4 Å². The van der Waals surface area contributed by atoms with Crippen LogP contribution in [-0.4, -0.2) is 34.7 Å². The zero-order valence-corrected chi connectivity index (χ0v) is 10.3. The molecule has 18 heavy (non-hydrogen) atoms. The average Bonchev–Trinajstić information content (AvgIpc) is 2.88. The van der Waals surface area contributed by atoms with Crippen LogP contribution in [-0.2, 0) is 16.1 Å². The van der Waals surface area contributed by atoms with E-state index in [1.807, 2.05) is 16.9 Å². The van der Waals surface area contributed by atoms with Gasteiger partial charge in [0.2, 0.25) is 11.8 Å². The van der Waals surface area contributed by atoms with Gasteiger partial charge in [0.15, 0.2) is 0 Å². The second-order valence-corrected chi connectivity index (χ2v) is 4.45. The highest BCUT2D eigenvalue weighted by atomic mass is 16.2. The lowest BCUT2D eigenvalue weighted by Gasteiger charge is -2.21. The molecule has 0 aromatic carbocycles. The number of aryl methyl sites for hydroxylation is 1. The minimum Gasteiger partial charge on any atom is -0.356 e. The van der Waals surface area contributed by atoms with Crippen LogP contribution < -0.4 is 10.6 Å². The Kier molecular flexibility index (Phi) is 4.33. The number of aromatic nitrogens is 2. The average molecular weight is 250 g/mol. The van der Waals surface area contributed by atoms with Gasteiger partial charge in [-0.05, 0) is 18.9 Å². The van der Waals surface area contributed by atoms with Crippen molar-refractivity contribution in [1.82, 2.24) is 20.4 Å². The fourth-order valence-corrected chi connectivity index (χ4v) is 1.99. The molecule has 0 radical (unpaired) electrons. The number of nitrogens with one attached hydrogen (secondary N) is 2. The van der Waals surface area contributed by atoms with Crippen molar-refractivity contribution in [1.29, 1.82) is 0 Å². The van der Waals surface area contributed by atoms with Crippen LogP contribution in [0, 0.1) is 5.92 Å². The monoisotopic (exact) mass is 250 g/mol. The van der Waals surface area contributed by atoms with E-state index in [9.17, 15) is 9.59 Å². The fourth-order valence-electron chi connectivity index (χ4n) is 1.99. The van der Waals surface area contributed by atoms with Gasteiger partial charge in [-0.2, -0.15) is 5.10 Å². The van der Waals surface area contributed by atoms with Crippen molar-refractivity contribution in [2.75, 3.05) is 13.1 Å². The molecule has 1 aromatic heterocycles. The summed E-state index contributed by atoms with van der Waals surface area (Å²) < 4.78 is 1.84. The Morgan fingerprint density at radius 1 is 1.61 bits per heavy atom. The Balaban J connectivity index is 1.61. The Labute approximate surface area is 106 Å². The van der Waals surface area contributed by atoms with Crippen LogP contribution in [0.15, 0.2) is 18.5 Å². The van der Waals surface area contributed by atoms with Crippen molar-refractivity contribution in [3.8, 4) is 0 Å². The van der Waals surface area contributed by atoms with Crippen LogP contribution in [0.4, 0.5) is 0 Å². The van der Waals surface area contributed by atoms with E-state index in [2.05, 4.69) is 15.7 Å². The number of carbonyl (C=O) groups excluding carboxylic acids is 2. The number of hydrogen-bond acceptors (Lipinski definition) is 3. The summed E-state index contributed by atoms with van der Waals surface area (Å²) in [6.45, 7) is 1.90. The molecule has 6 heteroatoms. The van der Waals surface area contributed by atoms with E-state index in [0.717, 1.165) is 13.0 Å². The molecule has 0 aliphatic carbocycles. The van der Waals surface area contributed by atoms with Crippen LogP contribution in [0.25, 0.3) is 0 Å². The molecule has 98 valence electrons. The minimum atomic E-state index is -0.0765. The van der Waals surface area contributed by atoms with Gasteiger partial charge >= 0.3 is 0 Å². The minimum absolute atomic E-state index is 0.0375. The standard InChI is InChI=1S/C12H18N4O2/c17-11-4-3-10(9-14-11)12(18)13-5-1-7-16-8-2-6-15-16/h2,6,8,10H,1,3-5,7,9H2,(H,13,18)(H,14,17). The van der Waals surface area contributed by atoms with Gasteiger partial charge in [-0.1, -0.05) is 0 Å². The second kappa shape index (κ2) is 6.18. The van der Waals surface area contributed by atoms with Gasteiger partial charge in [0.1, 0.15) is 0 Å². The second-order valence-electron chi connectivity index (χ2n) is 4.45. The third-order valence-corrected chi connectivity index (χ3v) is 3.06. The molecule has 2 N–H and O–H groups in total. The van der Waals surface area contributed by atoms with Crippen molar-refractivity contribution in [2.45, 2.75) is 25.8 Å². The highest BCUT2D eigenvalue weighted by Gasteiger charge is 2.23. The first kappa shape index (κ1) is 12.6. The molecule has 2 amide bonds. The predicted octanol–water partition coefficient (Wildman–Crippen LogP) is -0.0844. The fraction of sp³-hybridized carbons (Fsp3) is 0.583. The van der Waals surface area contributed by atoms with Gasteiger partial charge in [-0.15, -0.1) is 0 Å². The first-order chi connectivity index (χ1) is 8.75. The highest BCUT2D eigenvalue weighted by molar-refractivity contribution is 5.83. The molecule has 0 spiro atoms. The van der Waals surface area contributed by atoms with Gasteiger partial charge in [0.25, 0.3) is 0 Å². The first-order valence-electron chi connectivity index (χ1n) is 6.27. The lowest BCUT2D eigenvalue weighted by molar-refractivity contribution is -0.128. The molecule has 1 aromatic rings. The molecule has 6 nitrogen and oxygen atoms in total. The van der Waals surface area contributed by atoms with E-state index in [1.54, 1.807) is 6.20 Å².